The number of rotatable bonds is 4. The van der Waals surface area contributed by atoms with Crippen molar-refractivity contribution in [1.29, 1.82) is 0 Å². The van der Waals surface area contributed by atoms with Crippen LogP contribution in [0.4, 0.5) is 5.82 Å². The van der Waals surface area contributed by atoms with E-state index >= 15 is 0 Å². The minimum absolute atomic E-state index is 0.112. The molecule has 0 unspecified atom stereocenters. The Kier molecular flexibility index (Phi) is 3.79. The van der Waals surface area contributed by atoms with E-state index < -0.39 is 0 Å². The second-order valence-electron chi connectivity index (χ2n) is 4.61. The third-order valence-corrected chi connectivity index (χ3v) is 3.84. The highest BCUT2D eigenvalue weighted by atomic mass is 32.1. The Morgan fingerprint density at radius 3 is 2.81 bits per heavy atom. The summed E-state index contributed by atoms with van der Waals surface area (Å²) in [6.45, 7) is 0. The van der Waals surface area contributed by atoms with Gasteiger partial charge in [0.2, 0.25) is 5.91 Å². The molecule has 0 atom stereocenters. The molecule has 21 heavy (non-hydrogen) atoms. The van der Waals surface area contributed by atoms with Gasteiger partial charge in [0.15, 0.2) is 5.82 Å². The molecule has 0 radical (unpaired) electrons. The van der Waals surface area contributed by atoms with Gasteiger partial charge in [0, 0.05) is 30.3 Å². The van der Waals surface area contributed by atoms with Gasteiger partial charge < -0.3 is 5.32 Å². The van der Waals surface area contributed by atoms with Gasteiger partial charge in [0.25, 0.3) is 0 Å². The number of thiazole rings is 1. The molecule has 3 rings (SSSR count). The van der Waals surface area contributed by atoms with E-state index in [4.69, 9.17) is 0 Å². The van der Waals surface area contributed by atoms with E-state index in [0.29, 0.717) is 5.82 Å². The summed E-state index contributed by atoms with van der Waals surface area (Å²) in [6, 6.07) is 11.7. The third-order valence-electron chi connectivity index (χ3n) is 2.90. The molecule has 2 heterocycles. The summed E-state index contributed by atoms with van der Waals surface area (Å²) in [7, 11) is 1.81. The molecule has 0 aliphatic carbocycles. The molecule has 0 saturated carbocycles. The maximum absolute atomic E-state index is 11.9. The number of carbonyl (C=O) groups is 1. The van der Waals surface area contributed by atoms with Crippen molar-refractivity contribution in [3.05, 3.63) is 53.7 Å². The number of carbonyl (C=O) groups excluding carboxylic acids is 1. The molecule has 0 aliphatic heterocycles. The smallest absolute Gasteiger partial charge is 0.231 e. The van der Waals surface area contributed by atoms with Crippen LogP contribution < -0.4 is 5.32 Å². The lowest BCUT2D eigenvalue weighted by molar-refractivity contribution is -0.115. The maximum Gasteiger partial charge on any atom is 0.231 e. The van der Waals surface area contributed by atoms with Crippen LogP contribution in [0.2, 0.25) is 0 Å². The number of hydrogen-bond acceptors (Lipinski definition) is 4. The minimum atomic E-state index is -0.112. The first kappa shape index (κ1) is 13.5. The van der Waals surface area contributed by atoms with E-state index in [1.165, 1.54) is 0 Å². The highest BCUT2D eigenvalue weighted by Crippen LogP contribution is 2.23. The molecule has 0 aliphatic rings. The predicted molar refractivity (Wildman–Crippen MR) is 83.1 cm³/mol. The fourth-order valence-electron chi connectivity index (χ4n) is 1.93. The molecule has 2 aromatic heterocycles. The summed E-state index contributed by atoms with van der Waals surface area (Å²) in [5, 5.41) is 9.71. The summed E-state index contributed by atoms with van der Waals surface area (Å²) in [4.78, 5) is 16.4. The van der Waals surface area contributed by atoms with Crippen molar-refractivity contribution in [3.8, 4) is 10.6 Å². The molecule has 0 fully saturated rings. The molecule has 5 nitrogen and oxygen atoms in total. The largest absolute Gasteiger partial charge is 0.309 e. The van der Waals surface area contributed by atoms with Crippen molar-refractivity contribution in [2.75, 3.05) is 5.32 Å². The first-order valence-corrected chi connectivity index (χ1v) is 7.38. The minimum Gasteiger partial charge on any atom is -0.309 e. The normalized spacial score (nSPS) is 10.5. The average molecular weight is 298 g/mol. The van der Waals surface area contributed by atoms with Gasteiger partial charge in [-0.15, -0.1) is 11.3 Å². The van der Waals surface area contributed by atoms with Crippen LogP contribution in [0, 0.1) is 0 Å². The van der Waals surface area contributed by atoms with Crippen LogP contribution in [0.5, 0.6) is 0 Å². The SMILES string of the molecule is Cn1ccc(NC(=O)Cc2csc(-c3ccccc3)n2)n1. The van der Waals surface area contributed by atoms with Gasteiger partial charge in [0.1, 0.15) is 5.01 Å². The van der Waals surface area contributed by atoms with Crippen LogP contribution in [0.15, 0.2) is 48.0 Å². The van der Waals surface area contributed by atoms with Crippen molar-refractivity contribution in [2.24, 2.45) is 7.05 Å². The van der Waals surface area contributed by atoms with Crippen molar-refractivity contribution in [3.63, 3.8) is 0 Å². The van der Waals surface area contributed by atoms with Crippen molar-refractivity contribution < 1.29 is 4.79 Å². The third kappa shape index (κ3) is 3.35. The van der Waals surface area contributed by atoms with E-state index in [0.717, 1.165) is 16.3 Å². The molecule has 0 bridgehead atoms. The van der Waals surface area contributed by atoms with Crippen LogP contribution in [0.1, 0.15) is 5.69 Å². The lowest BCUT2D eigenvalue weighted by Gasteiger charge is -1.99. The molecule has 106 valence electrons. The predicted octanol–water partition coefficient (Wildman–Crippen LogP) is 2.72. The van der Waals surface area contributed by atoms with Gasteiger partial charge in [-0.3, -0.25) is 9.48 Å². The topological polar surface area (TPSA) is 59.8 Å². The molecule has 1 aromatic carbocycles. The van der Waals surface area contributed by atoms with Crippen LogP contribution in [0.3, 0.4) is 0 Å². The fraction of sp³-hybridized carbons (Fsp3) is 0.133. The Bertz CT molecular complexity index is 748. The number of nitrogens with one attached hydrogen (secondary N) is 1. The van der Waals surface area contributed by atoms with Crippen molar-refractivity contribution in [1.82, 2.24) is 14.8 Å². The molecule has 3 aromatic rings. The summed E-state index contributed by atoms with van der Waals surface area (Å²) in [5.41, 5.74) is 1.84. The lowest BCUT2D eigenvalue weighted by atomic mass is 10.2. The van der Waals surface area contributed by atoms with E-state index in [9.17, 15) is 4.79 Å². The summed E-state index contributed by atoms with van der Waals surface area (Å²) >= 11 is 1.54. The van der Waals surface area contributed by atoms with E-state index in [-0.39, 0.29) is 12.3 Å². The average Bonchev–Trinajstić information content (AvgIpc) is 3.09. The number of amides is 1. The lowest BCUT2D eigenvalue weighted by Crippen LogP contribution is -2.15. The maximum atomic E-state index is 11.9. The second-order valence-corrected chi connectivity index (χ2v) is 5.47. The molecule has 0 saturated heterocycles. The number of aryl methyl sites for hydroxylation is 1. The second kappa shape index (κ2) is 5.88. The van der Waals surface area contributed by atoms with Gasteiger partial charge in [-0.05, 0) is 0 Å². The van der Waals surface area contributed by atoms with E-state index in [2.05, 4.69) is 15.4 Å². The molecular formula is C15H14N4OS. The zero-order valence-corrected chi connectivity index (χ0v) is 12.3. The van der Waals surface area contributed by atoms with Crippen LogP contribution >= 0.6 is 11.3 Å². The Hall–Kier alpha value is -2.47. The number of hydrogen-bond donors (Lipinski definition) is 1. The first-order chi connectivity index (χ1) is 10.2. The Labute approximate surface area is 126 Å². The quantitative estimate of drug-likeness (QED) is 0.805. The van der Waals surface area contributed by atoms with Crippen molar-refractivity contribution in [2.45, 2.75) is 6.42 Å². The van der Waals surface area contributed by atoms with Crippen LogP contribution in [0.25, 0.3) is 10.6 Å². The van der Waals surface area contributed by atoms with Crippen LogP contribution in [-0.4, -0.2) is 20.7 Å². The first-order valence-electron chi connectivity index (χ1n) is 6.50. The number of anilines is 1. The van der Waals surface area contributed by atoms with Crippen molar-refractivity contribution >= 4 is 23.1 Å². The number of nitrogens with zero attached hydrogens (tertiary/aromatic N) is 3. The monoisotopic (exact) mass is 298 g/mol. The fourth-order valence-corrected chi connectivity index (χ4v) is 2.76. The molecule has 6 heteroatoms. The zero-order chi connectivity index (χ0) is 14.7. The number of aromatic nitrogens is 3. The zero-order valence-electron chi connectivity index (χ0n) is 11.5. The van der Waals surface area contributed by atoms with Crippen LogP contribution in [-0.2, 0) is 18.3 Å². The summed E-state index contributed by atoms with van der Waals surface area (Å²) < 4.78 is 1.64. The highest BCUT2D eigenvalue weighted by Gasteiger charge is 2.10. The van der Waals surface area contributed by atoms with E-state index in [1.54, 1.807) is 28.3 Å². The van der Waals surface area contributed by atoms with Gasteiger partial charge in [-0.25, -0.2) is 4.98 Å². The molecule has 1 amide bonds. The highest BCUT2D eigenvalue weighted by molar-refractivity contribution is 7.13. The van der Waals surface area contributed by atoms with Gasteiger partial charge in [0.05, 0.1) is 12.1 Å². The van der Waals surface area contributed by atoms with E-state index in [1.807, 2.05) is 42.8 Å². The Balaban J connectivity index is 1.66. The van der Waals surface area contributed by atoms with Gasteiger partial charge in [-0.2, -0.15) is 5.10 Å². The number of benzene rings is 1. The summed E-state index contributed by atoms with van der Waals surface area (Å²) in [6.07, 6.45) is 2.03. The Morgan fingerprint density at radius 2 is 2.10 bits per heavy atom. The van der Waals surface area contributed by atoms with Gasteiger partial charge >= 0.3 is 0 Å². The summed E-state index contributed by atoms with van der Waals surface area (Å²) in [5.74, 6) is 0.444. The standard InChI is InChI=1S/C15H14N4OS/c1-19-8-7-13(18-19)17-14(20)9-12-10-21-15(16-12)11-5-3-2-4-6-11/h2-8,10H,9H2,1H3,(H,17,18,20). The Morgan fingerprint density at radius 1 is 1.29 bits per heavy atom. The molecular weight excluding hydrogens is 284 g/mol. The molecule has 0 spiro atoms. The molecule has 1 N–H and O–H groups in total. The van der Waals surface area contributed by atoms with Gasteiger partial charge in [-0.1, -0.05) is 30.3 Å².